The van der Waals surface area contributed by atoms with Gasteiger partial charge in [-0.25, -0.2) is 9.36 Å². The first-order valence-corrected chi connectivity index (χ1v) is 14.4. The molecule has 2 aliphatic heterocycles. The third-order valence-electron chi connectivity index (χ3n) is 7.99. The van der Waals surface area contributed by atoms with E-state index in [0.29, 0.717) is 38.1 Å². The van der Waals surface area contributed by atoms with Crippen LogP contribution in [0.15, 0.2) is 47.1 Å². The summed E-state index contributed by atoms with van der Waals surface area (Å²) < 4.78 is 10.7. The molecule has 4 aromatic rings. The van der Waals surface area contributed by atoms with Gasteiger partial charge < -0.3 is 14.7 Å². The summed E-state index contributed by atoms with van der Waals surface area (Å²) >= 11 is 3.56. The number of nitrogens with zero attached hydrogens (tertiary/aromatic N) is 6. The molecule has 2 aromatic heterocycles. The van der Waals surface area contributed by atoms with Crippen LogP contribution in [0.1, 0.15) is 63.0 Å². The molecule has 0 unspecified atom stereocenters. The Bertz CT molecular complexity index is 1590. The van der Waals surface area contributed by atoms with Gasteiger partial charge in [-0.1, -0.05) is 22.9 Å². The normalized spacial score (nSPS) is 17.8. The van der Waals surface area contributed by atoms with Crippen molar-refractivity contribution in [3.63, 3.8) is 0 Å². The van der Waals surface area contributed by atoms with Crippen LogP contribution in [-0.2, 0) is 6.42 Å². The minimum atomic E-state index is -0.922. The summed E-state index contributed by atoms with van der Waals surface area (Å²) in [5.74, 6) is 0.863. The van der Waals surface area contributed by atoms with Crippen molar-refractivity contribution in [2.45, 2.75) is 58.6 Å². The topological polar surface area (TPSA) is 98.3 Å². The number of β-amino-alcohol motifs (C(OH)–C–C–N with tert-alkyl or cyclic N) is 1. The van der Waals surface area contributed by atoms with Crippen LogP contribution in [0.5, 0.6) is 5.75 Å². The molecule has 1 amide bonds. The molecule has 0 aliphatic carbocycles. The second kappa shape index (κ2) is 10.2. The molecule has 1 atom stereocenters. The van der Waals surface area contributed by atoms with E-state index >= 15 is 0 Å². The maximum absolute atomic E-state index is 13.0. The minimum absolute atomic E-state index is 0.0812. The van der Waals surface area contributed by atoms with Crippen LogP contribution in [0.2, 0.25) is 0 Å². The van der Waals surface area contributed by atoms with E-state index in [9.17, 15) is 9.90 Å². The highest BCUT2D eigenvalue weighted by molar-refractivity contribution is 9.10. The van der Waals surface area contributed by atoms with Crippen molar-refractivity contribution in [3.8, 4) is 11.4 Å². The number of fused-ring (bicyclic) bond motifs is 1. The fraction of sp³-hybridized carbons (Fsp3) is 0.400. The van der Waals surface area contributed by atoms with E-state index in [1.807, 2.05) is 53.7 Å². The highest BCUT2D eigenvalue weighted by atomic mass is 79.9. The summed E-state index contributed by atoms with van der Waals surface area (Å²) in [6, 6.07) is 11.8. The van der Waals surface area contributed by atoms with Crippen LogP contribution in [0.4, 0.5) is 0 Å². The molecule has 9 nitrogen and oxygen atoms in total. The number of ether oxygens (including phenoxy) is 1. The van der Waals surface area contributed by atoms with Crippen LogP contribution in [0, 0.1) is 27.7 Å². The van der Waals surface area contributed by atoms with Crippen molar-refractivity contribution in [2.75, 3.05) is 19.7 Å². The Kier molecular flexibility index (Phi) is 6.78. The number of carbonyl (C=O) groups excluding carboxylic acids is 1. The second-order valence-corrected chi connectivity index (χ2v) is 12.0. The molecule has 6 rings (SSSR count). The maximum Gasteiger partial charge on any atom is 0.254 e. The van der Waals surface area contributed by atoms with Crippen molar-refractivity contribution in [1.82, 2.24) is 29.7 Å². The van der Waals surface area contributed by atoms with Gasteiger partial charge in [-0.15, -0.1) is 5.10 Å². The van der Waals surface area contributed by atoms with Crippen molar-refractivity contribution in [2.24, 2.45) is 0 Å². The van der Waals surface area contributed by atoms with Crippen molar-refractivity contribution < 1.29 is 14.6 Å². The molecule has 4 heterocycles. The number of aryl methyl sites for hydroxylation is 4. The number of benzene rings is 2. The zero-order valence-electron chi connectivity index (χ0n) is 23.2. The average Bonchev–Trinajstić information content (AvgIpc) is 3.50. The molecule has 1 fully saturated rings. The van der Waals surface area contributed by atoms with E-state index in [0.717, 1.165) is 50.5 Å². The number of aliphatic hydroxyl groups is 1. The van der Waals surface area contributed by atoms with Crippen molar-refractivity contribution in [1.29, 1.82) is 0 Å². The SMILES string of the molecule is Cc1cc(C)c2c(c1)[C@H](n1cc(CCC3(O)CN(C(=O)c4ccc(-n5nc(C)c(Br)c5C)cc4)C3)nn1)CCO2. The Morgan fingerprint density at radius 1 is 1.15 bits per heavy atom. The molecule has 1 saturated heterocycles. The smallest absolute Gasteiger partial charge is 0.254 e. The van der Waals surface area contributed by atoms with Gasteiger partial charge in [0.1, 0.15) is 11.4 Å². The van der Waals surface area contributed by atoms with Gasteiger partial charge in [0, 0.05) is 23.7 Å². The lowest BCUT2D eigenvalue weighted by Crippen LogP contribution is -2.63. The Hall–Kier alpha value is -3.50. The number of likely N-dealkylation sites (tertiary alicyclic amines) is 1. The third kappa shape index (κ3) is 4.83. The van der Waals surface area contributed by atoms with Crippen LogP contribution < -0.4 is 4.74 Å². The zero-order valence-corrected chi connectivity index (χ0v) is 24.8. The monoisotopic (exact) mass is 604 g/mol. The fourth-order valence-electron chi connectivity index (χ4n) is 5.84. The number of halogens is 1. The van der Waals surface area contributed by atoms with Gasteiger partial charge in [-0.2, -0.15) is 5.10 Å². The molecule has 2 aliphatic rings. The maximum atomic E-state index is 13.0. The molecule has 0 radical (unpaired) electrons. The standard InChI is InChI=1S/C30H33BrN6O3/c1-18-13-19(2)28-25(14-18)26(10-12-40-28)36-15-23(32-34-36)9-11-30(39)16-35(17-30)29(38)22-5-7-24(8-6-22)37-21(4)27(31)20(3)33-37/h5-8,13-15,26,39H,9-12,16-17H2,1-4H3/t26-/m1/s1. The highest BCUT2D eigenvalue weighted by Gasteiger charge is 2.43. The molecule has 0 bridgehead atoms. The largest absolute Gasteiger partial charge is 0.493 e. The predicted molar refractivity (Wildman–Crippen MR) is 154 cm³/mol. The molecule has 40 heavy (non-hydrogen) atoms. The third-order valence-corrected chi connectivity index (χ3v) is 9.13. The summed E-state index contributed by atoms with van der Waals surface area (Å²) in [6.45, 7) is 9.36. The molecule has 208 valence electrons. The zero-order chi connectivity index (χ0) is 28.2. The lowest BCUT2D eigenvalue weighted by atomic mass is 9.88. The van der Waals surface area contributed by atoms with Crippen molar-refractivity contribution >= 4 is 21.8 Å². The van der Waals surface area contributed by atoms with E-state index in [2.05, 4.69) is 57.3 Å². The van der Waals surface area contributed by atoms with Crippen LogP contribution in [-0.4, -0.2) is 66.0 Å². The average molecular weight is 606 g/mol. The first-order chi connectivity index (χ1) is 19.1. The second-order valence-electron chi connectivity index (χ2n) is 11.2. The van der Waals surface area contributed by atoms with Crippen LogP contribution >= 0.6 is 15.9 Å². The number of aromatic nitrogens is 5. The lowest BCUT2D eigenvalue weighted by molar-refractivity contribution is -0.0855. The molecule has 0 spiro atoms. The minimum Gasteiger partial charge on any atom is -0.493 e. The Morgan fingerprint density at radius 3 is 2.60 bits per heavy atom. The van der Waals surface area contributed by atoms with E-state index in [-0.39, 0.29) is 11.9 Å². The Morgan fingerprint density at radius 2 is 1.90 bits per heavy atom. The van der Waals surface area contributed by atoms with Gasteiger partial charge in [0.2, 0.25) is 0 Å². The lowest BCUT2D eigenvalue weighted by Gasteiger charge is -2.46. The van der Waals surface area contributed by atoms with Gasteiger partial charge in [0.15, 0.2) is 0 Å². The number of rotatable bonds is 6. The van der Waals surface area contributed by atoms with Crippen LogP contribution in [0.25, 0.3) is 5.69 Å². The highest BCUT2D eigenvalue weighted by Crippen LogP contribution is 2.38. The van der Waals surface area contributed by atoms with E-state index in [1.165, 1.54) is 5.56 Å². The van der Waals surface area contributed by atoms with Crippen molar-refractivity contribution in [3.05, 3.63) is 86.4 Å². The van der Waals surface area contributed by atoms with Gasteiger partial charge in [-0.05, 0) is 86.3 Å². The number of hydrogen-bond acceptors (Lipinski definition) is 6. The molecular weight excluding hydrogens is 572 g/mol. The van der Waals surface area contributed by atoms with Crippen LogP contribution in [0.3, 0.4) is 0 Å². The fourth-order valence-corrected chi connectivity index (χ4v) is 6.09. The molecule has 0 saturated carbocycles. The molecular formula is C30H33BrN6O3. The van der Waals surface area contributed by atoms with Gasteiger partial charge in [0.05, 0.1) is 53.0 Å². The Labute approximate surface area is 241 Å². The van der Waals surface area contributed by atoms with E-state index in [4.69, 9.17) is 4.74 Å². The van der Waals surface area contributed by atoms with E-state index in [1.54, 1.807) is 4.90 Å². The van der Waals surface area contributed by atoms with Gasteiger partial charge >= 0.3 is 0 Å². The number of hydrogen-bond donors (Lipinski definition) is 1. The summed E-state index contributed by atoms with van der Waals surface area (Å²) in [6.07, 6.45) is 3.92. The first kappa shape index (κ1) is 26.7. The first-order valence-electron chi connectivity index (χ1n) is 13.6. The van der Waals surface area contributed by atoms with Gasteiger partial charge in [0.25, 0.3) is 5.91 Å². The predicted octanol–water partition coefficient (Wildman–Crippen LogP) is 4.65. The molecule has 2 aromatic carbocycles. The van der Waals surface area contributed by atoms with Gasteiger partial charge in [-0.3, -0.25) is 4.79 Å². The Balaban J connectivity index is 1.06. The number of carbonyl (C=O) groups is 1. The summed E-state index contributed by atoms with van der Waals surface area (Å²) in [4.78, 5) is 14.7. The number of amides is 1. The summed E-state index contributed by atoms with van der Waals surface area (Å²) in [5.41, 5.74) is 6.80. The molecule has 1 N–H and O–H groups in total. The van der Waals surface area contributed by atoms with E-state index < -0.39 is 5.60 Å². The molecule has 10 heteroatoms. The summed E-state index contributed by atoms with van der Waals surface area (Å²) in [5, 5.41) is 24.4. The summed E-state index contributed by atoms with van der Waals surface area (Å²) in [7, 11) is 0. The quantitative estimate of drug-likeness (QED) is 0.344.